The van der Waals surface area contributed by atoms with Crippen LogP contribution in [0.3, 0.4) is 0 Å². The molecule has 6 heteroatoms. The first-order valence-electron chi connectivity index (χ1n) is 7.19. The molecule has 1 N–H and O–H groups in total. The van der Waals surface area contributed by atoms with E-state index in [1.807, 2.05) is 54.1 Å². The highest BCUT2D eigenvalue weighted by Crippen LogP contribution is 2.20. The SMILES string of the molecule is Cn1c([C@@H](C#N)C(=S)NCc2ccccc2)nc2cccnc21. The van der Waals surface area contributed by atoms with E-state index in [1.165, 1.54) is 0 Å². The van der Waals surface area contributed by atoms with Gasteiger partial charge in [0.1, 0.15) is 16.3 Å². The smallest absolute Gasteiger partial charge is 0.159 e. The van der Waals surface area contributed by atoms with Gasteiger partial charge in [0, 0.05) is 19.8 Å². The summed E-state index contributed by atoms with van der Waals surface area (Å²) in [5.74, 6) is -0.000302. The molecule has 0 saturated carbocycles. The van der Waals surface area contributed by atoms with Gasteiger partial charge in [0.05, 0.1) is 6.07 Å². The van der Waals surface area contributed by atoms with E-state index < -0.39 is 5.92 Å². The molecule has 3 rings (SSSR count). The fraction of sp³-hybridized carbons (Fsp3) is 0.176. The zero-order valence-electron chi connectivity index (χ0n) is 12.6. The standard InChI is InChI=1S/C17H15N5S/c1-22-15(21-14-8-5-9-19-16(14)22)13(10-18)17(23)20-11-12-6-3-2-4-7-12/h2-9,13H,11H2,1H3,(H,20,23)/t13-/m1/s1. The largest absolute Gasteiger partial charge is 0.374 e. The molecule has 0 saturated heterocycles. The van der Waals surface area contributed by atoms with Crippen molar-refractivity contribution in [3.05, 3.63) is 60.0 Å². The molecule has 0 amide bonds. The fourth-order valence-electron chi connectivity index (χ4n) is 2.42. The van der Waals surface area contributed by atoms with Gasteiger partial charge in [-0.3, -0.25) is 0 Å². The molecule has 0 unspecified atom stereocenters. The van der Waals surface area contributed by atoms with E-state index in [0.717, 1.165) is 16.7 Å². The van der Waals surface area contributed by atoms with E-state index in [-0.39, 0.29) is 0 Å². The third-order valence-corrected chi connectivity index (χ3v) is 4.00. The molecule has 23 heavy (non-hydrogen) atoms. The number of pyridine rings is 1. The van der Waals surface area contributed by atoms with Crippen LogP contribution in [0.5, 0.6) is 0 Å². The van der Waals surface area contributed by atoms with Crippen LogP contribution in [0, 0.1) is 11.3 Å². The van der Waals surface area contributed by atoms with Crippen molar-refractivity contribution in [2.75, 3.05) is 0 Å². The molecule has 114 valence electrons. The molecule has 0 bridgehead atoms. The Morgan fingerprint density at radius 1 is 1.30 bits per heavy atom. The summed E-state index contributed by atoms with van der Waals surface area (Å²) in [6.45, 7) is 0.583. The Balaban J connectivity index is 1.82. The van der Waals surface area contributed by atoms with Crippen LogP contribution in [0.4, 0.5) is 0 Å². The average molecular weight is 321 g/mol. The predicted octanol–water partition coefficient (Wildman–Crippen LogP) is 2.69. The molecule has 0 radical (unpaired) electrons. The maximum atomic E-state index is 9.55. The lowest BCUT2D eigenvalue weighted by Crippen LogP contribution is -2.28. The highest BCUT2D eigenvalue weighted by atomic mass is 32.1. The lowest BCUT2D eigenvalue weighted by molar-refractivity contribution is 0.802. The first kappa shape index (κ1) is 15.1. The number of thiocarbonyl (C=S) groups is 1. The molecule has 1 aromatic carbocycles. The highest BCUT2D eigenvalue weighted by Gasteiger charge is 2.23. The van der Waals surface area contributed by atoms with Crippen LogP contribution in [0.15, 0.2) is 48.7 Å². The zero-order valence-corrected chi connectivity index (χ0v) is 13.4. The van der Waals surface area contributed by atoms with Crippen LogP contribution in [0.25, 0.3) is 11.2 Å². The number of nitrogens with zero attached hydrogens (tertiary/aromatic N) is 4. The summed E-state index contributed by atoms with van der Waals surface area (Å²) in [6, 6.07) is 15.9. The molecular weight excluding hydrogens is 306 g/mol. The second kappa shape index (κ2) is 6.55. The zero-order chi connectivity index (χ0) is 16.2. The molecule has 2 aromatic heterocycles. The molecular formula is C17H15N5S. The van der Waals surface area contributed by atoms with Crippen molar-refractivity contribution in [2.45, 2.75) is 12.5 Å². The van der Waals surface area contributed by atoms with Crippen LogP contribution in [-0.4, -0.2) is 19.5 Å². The lowest BCUT2D eigenvalue weighted by atomic mass is 10.1. The van der Waals surface area contributed by atoms with Crippen molar-refractivity contribution in [3.8, 4) is 6.07 Å². The Morgan fingerprint density at radius 2 is 2.09 bits per heavy atom. The number of aromatic nitrogens is 3. The highest BCUT2D eigenvalue weighted by molar-refractivity contribution is 7.80. The minimum atomic E-state index is -0.604. The molecule has 0 fully saturated rings. The van der Waals surface area contributed by atoms with Crippen molar-refractivity contribution >= 4 is 28.4 Å². The molecule has 0 aliphatic heterocycles. The number of hydrogen-bond donors (Lipinski definition) is 1. The monoisotopic (exact) mass is 321 g/mol. The van der Waals surface area contributed by atoms with Gasteiger partial charge < -0.3 is 9.88 Å². The molecule has 2 heterocycles. The van der Waals surface area contributed by atoms with Crippen molar-refractivity contribution in [2.24, 2.45) is 7.05 Å². The van der Waals surface area contributed by atoms with E-state index in [2.05, 4.69) is 21.4 Å². The number of nitriles is 1. The van der Waals surface area contributed by atoms with Crippen LogP contribution in [-0.2, 0) is 13.6 Å². The molecule has 3 aromatic rings. The van der Waals surface area contributed by atoms with Crippen LogP contribution >= 0.6 is 12.2 Å². The Hall–Kier alpha value is -2.78. The van der Waals surface area contributed by atoms with Crippen molar-refractivity contribution in [3.63, 3.8) is 0 Å². The van der Waals surface area contributed by atoms with E-state index >= 15 is 0 Å². The van der Waals surface area contributed by atoms with E-state index in [9.17, 15) is 5.26 Å². The van der Waals surface area contributed by atoms with Gasteiger partial charge in [-0.1, -0.05) is 42.5 Å². The fourth-order valence-corrected chi connectivity index (χ4v) is 2.65. The molecule has 0 spiro atoms. The van der Waals surface area contributed by atoms with Gasteiger partial charge in [0.25, 0.3) is 0 Å². The van der Waals surface area contributed by atoms with Gasteiger partial charge in [-0.25, -0.2) is 9.97 Å². The van der Waals surface area contributed by atoms with Crippen LogP contribution in [0.1, 0.15) is 17.3 Å². The summed E-state index contributed by atoms with van der Waals surface area (Å²) in [4.78, 5) is 9.28. The molecule has 0 aliphatic carbocycles. The second-order valence-electron chi connectivity index (χ2n) is 5.14. The molecule has 1 atom stereocenters. The van der Waals surface area contributed by atoms with Crippen molar-refractivity contribution in [1.29, 1.82) is 5.26 Å². The van der Waals surface area contributed by atoms with E-state index in [4.69, 9.17) is 12.2 Å². The lowest BCUT2D eigenvalue weighted by Gasteiger charge is -2.13. The Kier molecular flexibility index (Phi) is 4.31. The van der Waals surface area contributed by atoms with Crippen LogP contribution in [0.2, 0.25) is 0 Å². The summed E-state index contributed by atoms with van der Waals surface area (Å²) in [5, 5.41) is 12.7. The number of benzene rings is 1. The predicted molar refractivity (Wildman–Crippen MR) is 92.7 cm³/mol. The third kappa shape index (κ3) is 3.05. The van der Waals surface area contributed by atoms with Gasteiger partial charge in [-0.15, -0.1) is 0 Å². The van der Waals surface area contributed by atoms with Gasteiger partial charge in [0.2, 0.25) is 0 Å². The Bertz CT molecular complexity index is 879. The Labute approximate surface area is 139 Å². The summed E-state index contributed by atoms with van der Waals surface area (Å²) < 4.78 is 1.82. The van der Waals surface area contributed by atoms with Gasteiger partial charge in [-0.05, 0) is 17.7 Å². The summed E-state index contributed by atoms with van der Waals surface area (Å²) in [6.07, 6.45) is 1.71. The maximum Gasteiger partial charge on any atom is 0.159 e. The number of rotatable bonds is 4. The minimum Gasteiger partial charge on any atom is -0.374 e. The Morgan fingerprint density at radius 3 is 2.78 bits per heavy atom. The van der Waals surface area contributed by atoms with Crippen molar-refractivity contribution < 1.29 is 0 Å². The maximum absolute atomic E-state index is 9.55. The molecule has 0 aliphatic rings. The number of hydrogen-bond acceptors (Lipinski definition) is 4. The van der Waals surface area contributed by atoms with Gasteiger partial charge >= 0.3 is 0 Å². The number of imidazole rings is 1. The number of nitrogens with one attached hydrogen (secondary N) is 1. The van der Waals surface area contributed by atoms with Gasteiger partial charge in [-0.2, -0.15) is 5.26 Å². The summed E-state index contributed by atoms with van der Waals surface area (Å²) >= 11 is 5.41. The first-order chi connectivity index (χ1) is 11.2. The summed E-state index contributed by atoms with van der Waals surface area (Å²) in [5.41, 5.74) is 2.61. The summed E-state index contributed by atoms with van der Waals surface area (Å²) in [7, 11) is 1.85. The molecule has 5 nitrogen and oxygen atoms in total. The number of fused-ring (bicyclic) bond motifs is 1. The minimum absolute atomic E-state index is 0.467. The number of aryl methyl sites for hydroxylation is 1. The second-order valence-corrected chi connectivity index (χ2v) is 5.58. The topological polar surface area (TPSA) is 66.5 Å². The average Bonchev–Trinajstić information content (AvgIpc) is 2.92. The van der Waals surface area contributed by atoms with Crippen molar-refractivity contribution in [1.82, 2.24) is 19.9 Å². The van der Waals surface area contributed by atoms with E-state index in [0.29, 0.717) is 17.4 Å². The van der Waals surface area contributed by atoms with Gasteiger partial charge in [0.15, 0.2) is 11.6 Å². The third-order valence-electron chi connectivity index (χ3n) is 3.62. The van der Waals surface area contributed by atoms with Crippen LogP contribution < -0.4 is 5.32 Å². The normalized spacial score (nSPS) is 11.8. The van der Waals surface area contributed by atoms with E-state index in [1.54, 1.807) is 6.20 Å². The quantitative estimate of drug-likeness (QED) is 0.748. The first-order valence-corrected chi connectivity index (χ1v) is 7.60.